The van der Waals surface area contributed by atoms with Gasteiger partial charge in [0, 0.05) is 12.6 Å². The minimum absolute atomic E-state index is 0.163. The molecule has 0 amide bonds. The zero-order chi connectivity index (χ0) is 16.4. The molecule has 2 atom stereocenters. The average molecular weight is 317 g/mol. The molecule has 1 fully saturated rings. The van der Waals surface area contributed by atoms with Crippen molar-refractivity contribution in [2.24, 2.45) is 5.73 Å². The Balaban J connectivity index is 2.08. The van der Waals surface area contributed by atoms with E-state index in [2.05, 4.69) is 22.1 Å². The molecular formula is C16H27N7. The molecule has 1 aromatic rings. The summed E-state index contributed by atoms with van der Waals surface area (Å²) in [6.45, 7) is 4.98. The Morgan fingerprint density at radius 3 is 2.74 bits per heavy atom. The van der Waals surface area contributed by atoms with Crippen LogP contribution in [0.4, 0.5) is 17.5 Å². The largest absolute Gasteiger partial charge is 0.354 e. The highest BCUT2D eigenvalue weighted by Gasteiger charge is 2.41. The van der Waals surface area contributed by atoms with Crippen LogP contribution in [0.5, 0.6) is 0 Å². The normalized spacial score (nSPS) is 24.7. The predicted molar refractivity (Wildman–Crippen MR) is 94.2 cm³/mol. The van der Waals surface area contributed by atoms with Crippen LogP contribution in [0.15, 0.2) is 6.20 Å². The lowest BCUT2D eigenvalue weighted by Crippen LogP contribution is -2.62. The minimum Gasteiger partial charge on any atom is -0.354 e. The SMILES string of the molecule is CCNc1ncc2c(n1)N(C1CCCC1)C(CC)C(N)N2C=N. The lowest BCUT2D eigenvalue weighted by molar-refractivity contribution is 0.418. The first-order valence-corrected chi connectivity index (χ1v) is 8.65. The topological polar surface area (TPSA) is 94.2 Å². The van der Waals surface area contributed by atoms with Crippen LogP contribution in [0.25, 0.3) is 0 Å². The fraction of sp³-hybridized carbons (Fsp3) is 0.688. The zero-order valence-corrected chi connectivity index (χ0v) is 14.0. The molecule has 4 N–H and O–H groups in total. The van der Waals surface area contributed by atoms with Crippen molar-refractivity contribution in [1.82, 2.24) is 9.97 Å². The van der Waals surface area contributed by atoms with Crippen LogP contribution in [0, 0.1) is 5.41 Å². The van der Waals surface area contributed by atoms with E-state index in [1.165, 1.54) is 32.0 Å². The van der Waals surface area contributed by atoms with Crippen LogP contribution in [-0.2, 0) is 0 Å². The Morgan fingerprint density at radius 1 is 1.39 bits per heavy atom. The molecule has 1 aliphatic heterocycles. The van der Waals surface area contributed by atoms with Gasteiger partial charge in [0.25, 0.3) is 0 Å². The van der Waals surface area contributed by atoms with Crippen LogP contribution >= 0.6 is 0 Å². The monoisotopic (exact) mass is 317 g/mol. The third-order valence-electron chi connectivity index (χ3n) is 4.96. The Hall–Kier alpha value is -1.89. The van der Waals surface area contributed by atoms with E-state index in [0.29, 0.717) is 12.0 Å². The summed E-state index contributed by atoms with van der Waals surface area (Å²) >= 11 is 0. The van der Waals surface area contributed by atoms with Gasteiger partial charge in [-0.1, -0.05) is 19.8 Å². The lowest BCUT2D eigenvalue weighted by Gasteiger charge is -2.48. The van der Waals surface area contributed by atoms with E-state index in [0.717, 1.165) is 24.5 Å². The fourth-order valence-electron chi connectivity index (χ4n) is 3.87. The van der Waals surface area contributed by atoms with Crippen molar-refractivity contribution in [3.05, 3.63) is 6.20 Å². The zero-order valence-electron chi connectivity index (χ0n) is 14.0. The molecule has 0 spiro atoms. The molecule has 7 nitrogen and oxygen atoms in total. The highest BCUT2D eigenvalue weighted by molar-refractivity contribution is 5.86. The van der Waals surface area contributed by atoms with Crippen LogP contribution in [-0.4, -0.2) is 41.1 Å². The molecule has 0 saturated heterocycles. The third-order valence-corrected chi connectivity index (χ3v) is 4.96. The number of nitrogens with two attached hydrogens (primary N) is 1. The van der Waals surface area contributed by atoms with E-state index in [1.807, 2.05) is 6.92 Å². The van der Waals surface area contributed by atoms with Crippen molar-refractivity contribution >= 4 is 23.8 Å². The highest BCUT2D eigenvalue weighted by atomic mass is 15.4. The fourth-order valence-corrected chi connectivity index (χ4v) is 3.87. The number of anilines is 3. The molecule has 7 heteroatoms. The van der Waals surface area contributed by atoms with Gasteiger partial charge in [0.2, 0.25) is 5.95 Å². The van der Waals surface area contributed by atoms with E-state index in [9.17, 15) is 0 Å². The van der Waals surface area contributed by atoms with E-state index < -0.39 is 0 Å². The number of nitrogens with zero attached hydrogens (tertiary/aromatic N) is 4. The molecule has 126 valence electrons. The van der Waals surface area contributed by atoms with Crippen molar-refractivity contribution in [2.75, 3.05) is 21.7 Å². The minimum atomic E-state index is -0.237. The Morgan fingerprint density at radius 2 is 2.13 bits per heavy atom. The summed E-state index contributed by atoms with van der Waals surface area (Å²) in [5.74, 6) is 1.56. The number of fused-ring (bicyclic) bond motifs is 1. The molecule has 0 bridgehead atoms. The van der Waals surface area contributed by atoms with Gasteiger partial charge in [0.05, 0.1) is 18.6 Å². The summed E-state index contributed by atoms with van der Waals surface area (Å²) < 4.78 is 0. The maximum Gasteiger partial charge on any atom is 0.224 e. The molecule has 1 saturated carbocycles. The first-order chi connectivity index (χ1) is 11.2. The van der Waals surface area contributed by atoms with Gasteiger partial charge in [-0.2, -0.15) is 4.98 Å². The average Bonchev–Trinajstić information content (AvgIpc) is 3.08. The summed E-state index contributed by atoms with van der Waals surface area (Å²) in [5.41, 5.74) is 7.31. The second-order valence-corrected chi connectivity index (χ2v) is 6.28. The molecule has 1 aliphatic carbocycles. The maximum atomic E-state index is 7.76. The van der Waals surface area contributed by atoms with Crippen LogP contribution < -0.4 is 20.9 Å². The van der Waals surface area contributed by atoms with Gasteiger partial charge in [-0.25, -0.2) is 4.98 Å². The molecule has 3 rings (SSSR count). The molecule has 23 heavy (non-hydrogen) atoms. The van der Waals surface area contributed by atoms with Gasteiger partial charge < -0.3 is 20.9 Å². The predicted octanol–water partition coefficient (Wildman–Crippen LogP) is 2.15. The summed E-state index contributed by atoms with van der Waals surface area (Å²) in [7, 11) is 0. The van der Waals surface area contributed by atoms with Crippen molar-refractivity contribution in [2.45, 2.75) is 64.2 Å². The number of hydrogen-bond acceptors (Lipinski definition) is 6. The van der Waals surface area contributed by atoms with E-state index in [-0.39, 0.29) is 12.2 Å². The van der Waals surface area contributed by atoms with Crippen molar-refractivity contribution in [1.29, 1.82) is 5.41 Å². The molecule has 0 radical (unpaired) electrons. The summed E-state index contributed by atoms with van der Waals surface area (Å²) in [6, 6.07) is 0.651. The van der Waals surface area contributed by atoms with Crippen LogP contribution in [0.1, 0.15) is 46.0 Å². The second-order valence-electron chi connectivity index (χ2n) is 6.28. The first-order valence-electron chi connectivity index (χ1n) is 8.65. The molecule has 2 unspecified atom stereocenters. The van der Waals surface area contributed by atoms with Gasteiger partial charge in [0.1, 0.15) is 11.9 Å². The van der Waals surface area contributed by atoms with Gasteiger partial charge in [-0.15, -0.1) is 0 Å². The number of rotatable bonds is 5. The molecule has 2 aliphatic rings. The number of hydrogen-bond donors (Lipinski definition) is 3. The van der Waals surface area contributed by atoms with Gasteiger partial charge in [-0.05, 0) is 26.2 Å². The second kappa shape index (κ2) is 6.70. The Labute approximate surface area is 137 Å². The van der Waals surface area contributed by atoms with Gasteiger partial charge in [-0.3, -0.25) is 5.41 Å². The Bertz CT molecular complexity index is 555. The molecule has 1 aromatic heterocycles. The lowest BCUT2D eigenvalue weighted by atomic mass is 10.0. The summed E-state index contributed by atoms with van der Waals surface area (Å²) in [6.07, 6.45) is 8.69. The van der Waals surface area contributed by atoms with Crippen molar-refractivity contribution in [3.8, 4) is 0 Å². The van der Waals surface area contributed by atoms with Gasteiger partial charge >= 0.3 is 0 Å². The standard InChI is InChI=1S/C16H27N7/c1-3-12-14(18)22(10-17)13-9-20-16(19-4-2)21-15(13)23(12)11-7-5-6-8-11/h9-12,14,17H,3-8,18H2,1-2H3,(H,19,20,21). The number of aromatic nitrogens is 2. The van der Waals surface area contributed by atoms with E-state index in [1.54, 1.807) is 11.1 Å². The van der Waals surface area contributed by atoms with E-state index in [4.69, 9.17) is 16.1 Å². The molecule has 2 heterocycles. The maximum absolute atomic E-state index is 7.76. The van der Waals surface area contributed by atoms with Crippen molar-refractivity contribution < 1.29 is 0 Å². The van der Waals surface area contributed by atoms with Crippen molar-refractivity contribution in [3.63, 3.8) is 0 Å². The van der Waals surface area contributed by atoms with Crippen LogP contribution in [0.2, 0.25) is 0 Å². The third kappa shape index (κ3) is 2.73. The quantitative estimate of drug-likeness (QED) is 0.569. The summed E-state index contributed by atoms with van der Waals surface area (Å²) in [5, 5.41) is 11.0. The van der Waals surface area contributed by atoms with Crippen LogP contribution in [0.3, 0.4) is 0 Å². The number of nitrogens with one attached hydrogen (secondary N) is 2. The highest BCUT2D eigenvalue weighted by Crippen LogP contribution is 2.40. The first kappa shape index (κ1) is 16.0. The van der Waals surface area contributed by atoms with E-state index >= 15 is 0 Å². The Kier molecular flexibility index (Phi) is 4.66. The molecule has 0 aromatic carbocycles. The van der Waals surface area contributed by atoms with Gasteiger partial charge in [0.15, 0.2) is 5.82 Å². The molecular weight excluding hydrogens is 290 g/mol. The summed E-state index contributed by atoms with van der Waals surface area (Å²) in [4.78, 5) is 13.3. The smallest absolute Gasteiger partial charge is 0.224 e.